The maximum Gasteiger partial charge on any atom is 0.416 e. The van der Waals surface area contributed by atoms with Crippen LogP contribution >= 0.6 is 11.3 Å². The lowest BCUT2D eigenvalue weighted by molar-refractivity contribution is -0.137. The van der Waals surface area contributed by atoms with Gasteiger partial charge in [-0.15, -0.1) is 0 Å². The molecule has 0 aliphatic carbocycles. The molecule has 2 heterocycles. The SMILES string of the molecule is NC1CC(Cc2ccsc2)CN(c2ccc(C(F)(F)F)cc2)C1. The van der Waals surface area contributed by atoms with Gasteiger partial charge in [0.25, 0.3) is 0 Å². The molecule has 23 heavy (non-hydrogen) atoms. The maximum atomic E-state index is 12.7. The average molecular weight is 340 g/mol. The highest BCUT2D eigenvalue weighted by molar-refractivity contribution is 7.07. The quantitative estimate of drug-likeness (QED) is 0.909. The lowest BCUT2D eigenvalue weighted by Gasteiger charge is -2.38. The molecule has 0 saturated carbocycles. The summed E-state index contributed by atoms with van der Waals surface area (Å²) < 4.78 is 38.0. The minimum atomic E-state index is -4.29. The summed E-state index contributed by atoms with van der Waals surface area (Å²) in [6, 6.07) is 7.54. The second-order valence-electron chi connectivity index (χ2n) is 6.15. The van der Waals surface area contributed by atoms with Gasteiger partial charge in [-0.2, -0.15) is 24.5 Å². The highest BCUT2D eigenvalue weighted by Gasteiger charge is 2.31. The highest BCUT2D eigenvalue weighted by Crippen LogP contribution is 2.32. The molecule has 2 unspecified atom stereocenters. The molecule has 2 nitrogen and oxygen atoms in total. The Morgan fingerprint density at radius 1 is 1.13 bits per heavy atom. The molecule has 1 aromatic carbocycles. The number of anilines is 1. The molecule has 6 heteroatoms. The number of piperidine rings is 1. The summed E-state index contributed by atoms with van der Waals surface area (Å²) in [5.74, 6) is 0.427. The molecule has 2 atom stereocenters. The Hall–Kier alpha value is -1.53. The number of nitrogens with two attached hydrogens (primary N) is 1. The molecular formula is C17H19F3N2S. The van der Waals surface area contributed by atoms with Gasteiger partial charge in [-0.05, 0) is 65.4 Å². The molecule has 0 radical (unpaired) electrons. The molecule has 0 spiro atoms. The lowest BCUT2D eigenvalue weighted by atomic mass is 9.89. The van der Waals surface area contributed by atoms with E-state index < -0.39 is 11.7 Å². The summed E-state index contributed by atoms with van der Waals surface area (Å²) in [6.45, 7) is 1.51. The van der Waals surface area contributed by atoms with Crippen LogP contribution in [-0.2, 0) is 12.6 Å². The van der Waals surface area contributed by atoms with Gasteiger partial charge >= 0.3 is 6.18 Å². The maximum absolute atomic E-state index is 12.7. The molecule has 0 amide bonds. The predicted octanol–water partition coefficient (Wildman–Crippen LogP) is 4.16. The minimum absolute atomic E-state index is 0.0506. The Labute approximate surface area is 137 Å². The van der Waals surface area contributed by atoms with Gasteiger partial charge in [0, 0.05) is 24.8 Å². The Balaban J connectivity index is 1.71. The molecule has 1 fully saturated rings. The average Bonchev–Trinajstić information content (AvgIpc) is 2.99. The summed E-state index contributed by atoms with van der Waals surface area (Å²) in [5.41, 5.74) is 7.66. The van der Waals surface area contributed by atoms with E-state index in [4.69, 9.17) is 5.73 Å². The molecule has 124 valence electrons. The zero-order valence-corrected chi connectivity index (χ0v) is 13.4. The lowest BCUT2D eigenvalue weighted by Crippen LogP contribution is -2.47. The Bertz CT molecular complexity index is 622. The highest BCUT2D eigenvalue weighted by atomic mass is 32.1. The Kier molecular flexibility index (Phi) is 4.64. The number of benzene rings is 1. The van der Waals surface area contributed by atoms with Crippen LogP contribution in [0.4, 0.5) is 18.9 Å². The van der Waals surface area contributed by atoms with Crippen molar-refractivity contribution in [2.45, 2.75) is 25.1 Å². The summed E-state index contributed by atoms with van der Waals surface area (Å²) in [7, 11) is 0. The third-order valence-corrected chi connectivity index (χ3v) is 4.97. The smallest absolute Gasteiger partial charge is 0.370 e. The summed E-state index contributed by atoms with van der Waals surface area (Å²) >= 11 is 1.68. The minimum Gasteiger partial charge on any atom is -0.370 e. The summed E-state index contributed by atoms with van der Waals surface area (Å²) in [6.07, 6.45) is -2.38. The van der Waals surface area contributed by atoms with Crippen molar-refractivity contribution < 1.29 is 13.2 Å². The van der Waals surface area contributed by atoms with Crippen LogP contribution in [0, 0.1) is 5.92 Å². The first-order valence-electron chi connectivity index (χ1n) is 7.60. The van der Waals surface area contributed by atoms with Gasteiger partial charge in [0.15, 0.2) is 0 Å². The van der Waals surface area contributed by atoms with E-state index in [9.17, 15) is 13.2 Å². The number of alkyl halides is 3. The van der Waals surface area contributed by atoms with E-state index in [0.29, 0.717) is 12.5 Å². The summed E-state index contributed by atoms with van der Waals surface area (Å²) in [5, 5.41) is 4.20. The molecule has 2 N–H and O–H groups in total. The van der Waals surface area contributed by atoms with E-state index in [0.717, 1.165) is 37.2 Å². The van der Waals surface area contributed by atoms with Gasteiger partial charge in [-0.1, -0.05) is 0 Å². The molecule has 1 aromatic heterocycles. The van der Waals surface area contributed by atoms with Gasteiger partial charge in [-0.25, -0.2) is 0 Å². The third-order valence-electron chi connectivity index (χ3n) is 4.23. The molecule has 1 aliphatic heterocycles. The number of rotatable bonds is 3. The van der Waals surface area contributed by atoms with E-state index in [2.05, 4.69) is 21.7 Å². The zero-order chi connectivity index (χ0) is 16.4. The second kappa shape index (κ2) is 6.53. The summed E-state index contributed by atoms with van der Waals surface area (Å²) in [4.78, 5) is 2.10. The second-order valence-corrected chi connectivity index (χ2v) is 6.93. The van der Waals surface area contributed by atoms with E-state index in [1.54, 1.807) is 23.5 Å². The van der Waals surface area contributed by atoms with Crippen LogP contribution in [0.25, 0.3) is 0 Å². The van der Waals surface area contributed by atoms with Crippen LogP contribution in [0.5, 0.6) is 0 Å². The van der Waals surface area contributed by atoms with E-state index in [1.165, 1.54) is 5.56 Å². The first-order valence-corrected chi connectivity index (χ1v) is 8.55. The fourth-order valence-corrected chi connectivity index (χ4v) is 3.89. The van der Waals surface area contributed by atoms with Crippen molar-refractivity contribution in [1.82, 2.24) is 0 Å². The first kappa shape index (κ1) is 16.3. The standard InChI is InChI=1S/C17H19F3N2S/c18-17(19,20)14-1-3-16(4-2-14)22-9-13(8-15(21)10-22)7-12-5-6-23-11-12/h1-6,11,13,15H,7-10,21H2. The van der Waals surface area contributed by atoms with Gasteiger partial charge < -0.3 is 10.6 Å². The topological polar surface area (TPSA) is 29.3 Å². The molecule has 3 rings (SSSR count). The van der Waals surface area contributed by atoms with Crippen LogP contribution in [0.1, 0.15) is 17.5 Å². The van der Waals surface area contributed by atoms with Crippen molar-refractivity contribution in [1.29, 1.82) is 0 Å². The monoisotopic (exact) mass is 340 g/mol. The molecule has 1 saturated heterocycles. The van der Waals surface area contributed by atoms with Crippen molar-refractivity contribution in [3.05, 3.63) is 52.2 Å². The molecular weight excluding hydrogens is 321 g/mol. The van der Waals surface area contributed by atoms with Gasteiger partial charge in [-0.3, -0.25) is 0 Å². The van der Waals surface area contributed by atoms with Crippen LogP contribution in [0.3, 0.4) is 0 Å². The number of nitrogens with zero attached hydrogens (tertiary/aromatic N) is 1. The largest absolute Gasteiger partial charge is 0.416 e. The van der Waals surface area contributed by atoms with Gasteiger partial charge in [0.2, 0.25) is 0 Å². The number of thiophene rings is 1. The van der Waals surface area contributed by atoms with E-state index in [-0.39, 0.29) is 6.04 Å². The normalized spacial score (nSPS) is 22.3. The van der Waals surface area contributed by atoms with Crippen molar-refractivity contribution >= 4 is 17.0 Å². The van der Waals surface area contributed by atoms with Crippen molar-refractivity contribution in [2.75, 3.05) is 18.0 Å². The van der Waals surface area contributed by atoms with Crippen LogP contribution < -0.4 is 10.6 Å². The van der Waals surface area contributed by atoms with Gasteiger partial charge in [0.1, 0.15) is 0 Å². The van der Waals surface area contributed by atoms with Crippen molar-refractivity contribution in [2.24, 2.45) is 11.7 Å². The van der Waals surface area contributed by atoms with Crippen LogP contribution in [0.15, 0.2) is 41.1 Å². The van der Waals surface area contributed by atoms with E-state index in [1.807, 2.05) is 0 Å². The van der Waals surface area contributed by atoms with Gasteiger partial charge in [0.05, 0.1) is 5.56 Å². The first-order chi connectivity index (χ1) is 10.9. The molecule has 0 bridgehead atoms. The molecule has 1 aliphatic rings. The number of hydrogen-bond acceptors (Lipinski definition) is 3. The fourth-order valence-electron chi connectivity index (χ4n) is 3.21. The Morgan fingerprint density at radius 3 is 2.48 bits per heavy atom. The van der Waals surface area contributed by atoms with Crippen molar-refractivity contribution in [3.63, 3.8) is 0 Å². The van der Waals surface area contributed by atoms with Crippen LogP contribution in [-0.4, -0.2) is 19.1 Å². The third kappa shape index (κ3) is 4.06. The fraction of sp³-hybridized carbons (Fsp3) is 0.412. The van der Waals surface area contributed by atoms with Crippen LogP contribution in [0.2, 0.25) is 0 Å². The molecule has 2 aromatic rings. The van der Waals surface area contributed by atoms with E-state index >= 15 is 0 Å². The number of hydrogen-bond donors (Lipinski definition) is 1. The van der Waals surface area contributed by atoms with Crippen molar-refractivity contribution in [3.8, 4) is 0 Å². The predicted molar refractivity (Wildman–Crippen MR) is 87.8 cm³/mol. The number of halogens is 3. The zero-order valence-electron chi connectivity index (χ0n) is 12.6. The Morgan fingerprint density at radius 2 is 1.87 bits per heavy atom.